The molecule has 10 atom stereocenters. The molecule has 4 saturated carbocycles. The molecule has 4 aliphatic carbocycles. The summed E-state index contributed by atoms with van der Waals surface area (Å²) in [5, 5.41) is 0. The summed E-state index contributed by atoms with van der Waals surface area (Å²) < 4.78 is 0. The van der Waals surface area contributed by atoms with E-state index in [1.54, 1.807) is 38.5 Å². The Morgan fingerprint density at radius 1 is 0.958 bits per heavy atom. The molecular weight excluding hydrogens is 307 g/mol. The van der Waals surface area contributed by atoms with Gasteiger partial charge in [0.15, 0.2) is 0 Å². The van der Waals surface area contributed by atoms with Gasteiger partial charge in [-0.15, -0.1) is 9.24 Å². The van der Waals surface area contributed by atoms with Crippen LogP contribution in [-0.4, -0.2) is 6.16 Å². The molecule has 0 aromatic rings. The predicted octanol–water partition coefficient (Wildman–Crippen LogP) is 6.79. The van der Waals surface area contributed by atoms with Gasteiger partial charge in [0.05, 0.1) is 0 Å². The normalized spacial score (nSPS) is 52.2. The van der Waals surface area contributed by atoms with Gasteiger partial charge in [-0.3, -0.25) is 0 Å². The molecule has 4 rings (SSSR count). The molecule has 0 amide bonds. The van der Waals surface area contributed by atoms with Crippen LogP contribution in [0.2, 0.25) is 0 Å². The Kier molecular flexibility index (Phi) is 5.10. The summed E-state index contributed by atoms with van der Waals surface area (Å²) in [7, 11) is 3.00. The van der Waals surface area contributed by atoms with Crippen molar-refractivity contribution in [1.82, 2.24) is 0 Å². The van der Waals surface area contributed by atoms with Crippen molar-refractivity contribution in [2.45, 2.75) is 85.0 Å². The lowest BCUT2D eigenvalue weighted by molar-refractivity contribution is -0.121. The second-order valence-electron chi connectivity index (χ2n) is 10.7. The summed E-state index contributed by atoms with van der Waals surface area (Å²) in [6.45, 7) is 7.64. The van der Waals surface area contributed by atoms with Crippen LogP contribution in [0.15, 0.2) is 0 Å². The molecule has 0 aromatic carbocycles. The molecule has 0 aliphatic heterocycles. The molecule has 0 heterocycles. The summed E-state index contributed by atoms with van der Waals surface area (Å²) in [5.41, 5.74) is 0.748. The van der Waals surface area contributed by atoms with Crippen molar-refractivity contribution in [3.8, 4) is 0 Å². The first kappa shape index (κ1) is 17.8. The molecule has 1 heteroatoms. The van der Waals surface area contributed by atoms with Crippen LogP contribution in [0.5, 0.6) is 0 Å². The Hall–Kier alpha value is 0.430. The van der Waals surface area contributed by atoms with E-state index in [1.807, 2.05) is 0 Å². The molecule has 0 N–H and O–H groups in total. The second-order valence-corrected chi connectivity index (χ2v) is 11.1. The summed E-state index contributed by atoms with van der Waals surface area (Å²) in [6.07, 6.45) is 16.9. The Balaban J connectivity index is 1.50. The summed E-state index contributed by atoms with van der Waals surface area (Å²) >= 11 is 0. The quantitative estimate of drug-likeness (QED) is 0.492. The van der Waals surface area contributed by atoms with Crippen molar-refractivity contribution < 1.29 is 0 Å². The van der Waals surface area contributed by atoms with Gasteiger partial charge in [0.1, 0.15) is 0 Å². The van der Waals surface area contributed by atoms with Gasteiger partial charge in [-0.05, 0) is 110 Å². The Morgan fingerprint density at radius 2 is 1.75 bits per heavy atom. The smallest absolute Gasteiger partial charge is 0.0240 e. The fourth-order valence-corrected chi connectivity index (χ4v) is 8.27. The highest BCUT2D eigenvalue weighted by atomic mass is 31.0. The lowest BCUT2D eigenvalue weighted by Gasteiger charge is -2.61. The van der Waals surface area contributed by atoms with Crippen molar-refractivity contribution in [2.75, 3.05) is 6.16 Å². The lowest BCUT2D eigenvalue weighted by atomic mass is 9.44. The van der Waals surface area contributed by atoms with Gasteiger partial charge >= 0.3 is 0 Å². The molecule has 4 aliphatic rings. The van der Waals surface area contributed by atoms with Crippen LogP contribution in [0.4, 0.5) is 0 Å². The van der Waals surface area contributed by atoms with Crippen molar-refractivity contribution in [2.24, 2.45) is 52.8 Å². The number of rotatable bonds is 3. The number of hydrogen-bond acceptors (Lipinski definition) is 0. The summed E-state index contributed by atoms with van der Waals surface area (Å²) in [5.74, 6) is 8.50. The van der Waals surface area contributed by atoms with Gasteiger partial charge < -0.3 is 0 Å². The summed E-state index contributed by atoms with van der Waals surface area (Å²) in [4.78, 5) is 0. The highest BCUT2D eigenvalue weighted by Gasteiger charge is 2.59. The van der Waals surface area contributed by atoms with Gasteiger partial charge in [0, 0.05) is 0 Å². The third kappa shape index (κ3) is 2.82. The zero-order valence-electron chi connectivity index (χ0n) is 16.5. The monoisotopic (exact) mass is 348 g/mol. The van der Waals surface area contributed by atoms with E-state index >= 15 is 0 Å². The van der Waals surface area contributed by atoms with E-state index in [4.69, 9.17) is 0 Å². The van der Waals surface area contributed by atoms with Crippen molar-refractivity contribution in [1.29, 1.82) is 0 Å². The molecule has 138 valence electrons. The zero-order valence-corrected chi connectivity index (χ0v) is 17.6. The van der Waals surface area contributed by atoms with Gasteiger partial charge in [-0.1, -0.05) is 33.6 Å². The van der Waals surface area contributed by atoms with E-state index in [2.05, 4.69) is 30.0 Å². The molecule has 24 heavy (non-hydrogen) atoms. The van der Waals surface area contributed by atoms with Crippen molar-refractivity contribution in [3.63, 3.8) is 0 Å². The first-order valence-corrected chi connectivity index (χ1v) is 12.1. The van der Waals surface area contributed by atoms with Gasteiger partial charge in [-0.25, -0.2) is 0 Å². The van der Waals surface area contributed by atoms with Crippen LogP contribution >= 0.6 is 9.24 Å². The van der Waals surface area contributed by atoms with Gasteiger partial charge in [0.25, 0.3) is 0 Å². The standard InChI is InChI=1S/C23H41P/c1-15-5-4-6-19-21(12-15)20-9-10-23(13-22(19)20)17(3)7-8-18(23)11-16(2)14-24/h15-22H,4-14,24H2,1-3H3. The molecule has 10 unspecified atom stereocenters. The van der Waals surface area contributed by atoms with Gasteiger partial charge in [0.2, 0.25) is 0 Å². The maximum Gasteiger partial charge on any atom is -0.0240 e. The van der Waals surface area contributed by atoms with E-state index in [9.17, 15) is 0 Å². The Labute approximate surface area is 153 Å². The minimum absolute atomic E-state index is 0.748. The third-order valence-electron chi connectivity index (χ3n) is 9.50. The minimum atomic E-state index is 0.748. The minimum Gasteiger partial charge on any atom is -0.137 e. The van der Waals surface area contributed by atoms with Crippen LogP contribution in [-0.2, 0) is 0 Å². The number of fused-ring (bicyclic) bond motifs is 4. The summed E-state index contributed by atoms with van der Waals surface area (Å²) in [6, 6.07) is 0. The fourth-order valence-electron chi connectivity index (χ4n) is 8.08. The molecule has 0 saturated heterocycles. The third-order valence-corrected chi connectivity index (χ3v) is 10.3. The largest absolute Gasteiger partial charge is 0.137 e. The van der Waals surface area contributed by atoms with Crippen LogP contribution in [0.1, 0.15) is 85.0 Å². The average Bonchev–Trinajstić information content (AvgIpc) is 2.76. The van der Waals surface area contributed by atoms with Crippen molar-refractivity contribution >= 4 is 9.24 Å². The van der Waals surface area contributed by atoms with E-state index in [-0.39, 0.29) is 0 Å². The molecule has 0 bridgehead atoms. The van der Waals surface area contributed by atoms with Gasteiger partial charge in [-0.2, -0.15) is 0 Å². The SMILES string of the molecule is CC1CCCC2C(C1)C1CCC3(CC21)C(C)CCC3CC(C)CP. The van der Waals surface area contributed by atoms with Crippen LogP contribution in [0.25, 0.3) is 0 Å². The van der Waals surface area contributed by atoms with E-state index in [0.29, 0.717) is 0 Å². The molecule has 0 radical (unpaired) electrons. The zero-order chi connectivity index (χ0) is 16.9. The molecule has 1 spiro atoms. The number of hydrogen-bond donors (Lipinski definition) is 0. The fraction of sp³-hybridized carbons (Fsp3) is 1.00. The topological polar surface area (TPSA) is 0 Å². The maximum absolute atomic E-state index is 3.00. The molecule has 4 fully saturated rings. The average molecular weight is 349 g/mol. The van der Waals surface area contributed by atoms with E-state index in [0.717, 1.165) is 52.8 Å². The second kappa shape index (κ2) is 6.87. The van der Waals surface area contributed by atoms with Crippen LogP contribution in [0, 0.1) is 52.8 Å². The Morgan fingerprint density at radius 3 is 2.54 bits per heavy atom. The van der Waals surface area contributed by atoms with Crippen LogP contribution in [0.3, 0.4) is 0 Å². The molecule has 0 nitrogen and oxygen atoms in total. The van der Waals surface area contributed by atoms with E-state index < -0.39 is 0 Å². The first-order chi connectivity index (χ1) is 11.5. The molecular formula is C23H41P. The lowest BCUT2D eigenvalue weighted by Crippen LogP contribution is -2.54. The van der Waals surface area contributed by atoms with E-state index in [1.165, 1.54) is 31.8 Å². The highest BCUT2D eigenvalue weighted by molar-refractivity contribution is 7.16. The maximum atomic E-state index is 3.00. The van der Waals surface area contributed by atoms with Crippen molar-refractivity contribution in [3.05, 3.63) is 0 Å². The van der Waals surface area contributed by atoms with Crippen LogP contribution < -0.4 is 0 Å². The predicted molar refractivity (Wildman–Crippen MR) is 108 cm³/mol. The molecule has 0 aromatic heterocycles. The first-order valence-electron chi connectivity index (χ1n) is 11.2. The highest BCUT2D eigenvalue weighted by Crippen LogP contribution is 2.68. The Bertz CT molecular complexity index is 445.